The van der Waals surface area contributed by atoms with Crippen molar-refractivity contribution in [3.63, 3.8) is 0 Å². The maximum absolute atomic E-state index is 9.26. The number of benzene rings is 2. The third-order valence-electron chi connectivity index (χ3n) is 7.09. The van der Waals surface area contributed by atoms with E-state index < -0.39 is 0 Å². The lowest BCUT2D eigenvalue weighted by Crippen LogP contribution is -2.26. The van der Waals surface area contributed by atoms with Crippen LogP contribution in [-0.2, 0) is 5.41 Å². The van der Waals surface area contributed by atoms with E-state index in [1.54, 1.807) is 0 Å². The fraction of sp³-hybridized carbons (Fsp3) is 0.600. The Bertz CT molecular complexity index is 824. The monoisotopic (exact) mass is 470 g/mol. The molecule has 0 amide bonds. The van der Waals surface area contributed by atoms with Gasteiger partial charge >= 0.3 is 0 Å². The zero-order valence-electron chi connectivity index (χ0n) is 22.4. The average Bonchev–Trinajstić information content (AvgIpc) is 2.84. The maximum Gasteiger partial charge on any atom is 0.122 e. The Balaban J connectivity index is 2.66. The van der Waals surface area contributed by atoms with Gasteiger partial charge in [-0.1, -0.05) is 72.7 Å². The Kier molecular flexibility index (Phi) is 10.9. The lowest BCUT2D eigenvalue weighted by atomic mass is 9.69. The van der Waals surface area contributed by atoms with E-state index in [1.807, 2.05) is 0 Å². The van der Waals surface area contributed by atoms with Gasteiger partial charge in [0.1, 0.15) is 24.7 Å². The van der Waals surface area contributed by atoms with Gasteiger partial charge in [0.25, 0.3) is 0 Å². The van der Waals surface area contributed by atoms with Crippen LogP contribution in [0.4, 0.5) is 0 Å². The SMILES string of the molecule is CCC(C)c1cc(C(C)(CC(C)C)c2ccc(OCCO)c(C(C)CC)c2)ccc1OCCO. The molecule has 0 saturated carbocycles. The molecule has 2 aromatic rings. The van der Waals surface area contributed by atoms with Crippen LogP contribution in [-0.4, -0.2) is 36.6 Å². The molecule has 0 aliphatic rings. The lowest BCUT2D eigenvalue weighted by molar-refractivity contribution is 0.199. The molecule has 0 saturated heterocycles. The Morgan fingerprint density at radius 1 is 0.735 bits per heavy atom. The van der Waals surface area contributed by atoms with E-state index in [9.17, 15) is 10.2 Å². The van der Waals surface area contributed by atoms with Crippen molar-refractivity contribution in [2.24, 2.45) is 5.92 Å². The number of ether oxygens (including phenoxy) is 2. The largest absolute Gasteiger partial charge is 0.491 e. The molecule has 0 spiro atoms. The molecular weight excluding hydrogens is 424 g/mol. The average molecular weight is 471 g/mol. The summed E-state index contributed by atoms with van der Waals surface area (Å²) in [4.78, 5) is 0. The molecule has 2 aromatic carbocycles. The van der Waals surface area contributed by atoms with E-state index in [2.05, 4.69) is 84.9 Å². The summed E-state index contributed by atoms with van der Waals surface area (Å²) in [6.07, 6.45) is 3.06. The number of hydrogen-bond acceptors (Lipinski definition) is 4. The molecule has 190 valence electrons. The van der Waals surface area contributed by atoms with Gasteiger partial charge in [-0.05, 0) is 71.4 Å². The molecular formula is C30H46O4. The number of aliphatic hydroxyl groups is 2. The van der Waals surface area contributed by atoms with Gasteiger partial charge < -0.3 is 19.7 Å². The van der Waals surface area contributed by atoms with E-state index >= 15 is 0 Å². The lowest BCUT2D eigenvalue weighted by Gasteiger charge is -2.35. The highest BCUT2D eigenvalue weighted by Gasteiger charge is 2.32. The zero-order chi connectivity index (χ0) is 25.3. The predicted molar refractivity (Wildman–Crippen MR) is 141 cm³/mol. The molecule has 2 rings (SSSR count). The molecule has 0 bridgehead atoms. The highest BCUT2D eigenvalue weighted by molar-refractivity contribution is 5.49. The Morgan fingerprint density at radius 2 is 1.15 bits per heavy atom. The summed E-state index contributed by atoms with van der Waals surface area (Å²) < 4.78 is 11.8. The first kappa shape index (κ1) is 28.2. The second-order valence-electron chi connectivity index (χ2n) is 10.2. The van der Waals surface area contributed by atoms with E-state index in [-0.39, 0.29) is 18.6 Å². The minimum Gasteiger partial charge on any atom is -0.491 e. The Labute approximate surface area is 207 Å². The highest BCUT2D eigenvalue weighted by atomic mass is 16.5. The smallest absolute Gasteiger partial charge is 0.122 e. The molecule has 0 aromatic heterocycles. The third kappa shape index (κ3) is 6.76. The highest BCUT2D eigenvalue weighted by Crippen LogP contribution is 2.43. The van der Waals surface area contributed by atoms with Crippen molar-refractivity contribution >= 4 is 0 Å². The molecule has 0 radical (unpaired) electrons. The fourth-order valence-electron chi connectivity index (χ4n) is 4.79. The molecule has 34 heavy (non-hydrogen) atoms. The quantitative estimate of drug-likeness (QED) is 0.318. The normalized spacial score (nSPS) is 15.1. The van der Waals surface area contributed by atoms with E-state index in [0.29, 0.717) is 31.0 Å². The third-order valence-corrected chi connectivity index (χ3v) is 7.09. The molecule has 0 aliphatic heterocycles. The summed E-state index contributed by atoms with van der Waals surface area (Å²) >= 11 is 0. The van der Waals surface area contributed by atoms with Crippen LogP contribution in [0.5, 0.6) is 11.5 Å². The molecule has 2 unspecified atom stereocenters. The topological polar surface area (TPSA) is 58.9 Å². The predicted octanol–water partition coefficient (Wildman–Crippen LogP) is 6.81. The molecule has 0 fully saturated rings. The second-order valence-corrected chi connectivity index (χ2v) is 10.2. The van der Waals surface area contributed by atoms with Gasteiger partial charge in [0, 0.05) is 5.41 Å². The standard InChI is InChI=1S/C30H46O4/c1-8-22(5)26-18-24(10-12-28(26)33-16-14-31)30(7,20-21(3)4)25-11-13-29(34-17-15-32)27(19-25)23(6)9-2/h10-13,18-19,21-23,31-32H,8-9,14-17,20H2,1-7H3. The van der Waals surface area contributed by atoms with E-state index in [1.165, 1.54) is 22.3 Å². The summed E-state index contributed by atoms with van der Waals surface area (Å²) in [5.41, 5.74) is 4.80. The first-order valence-electron chi connectivity index (χ1n) is 13.0. The van der Waals surface area contributed by atoms with Crippen LogP contribution < -0.4 is 9.47 Å². The van der Waals surface area contributed by atoms with Gasteiger partial charge in [-0.25, -0.2) is 0 Å². The van der Waals surface area contributed by atoms with Gasteiger partial charge in [0.05, 0.1) is 13.2 Å². The minimum absolute atomic E-state index is 0.00977. The first-order chi connectivity index (χ1) is 16.2. The second kappa shape index (κ2) is 13.2. The minimum atomic E-state index is -0.177. The number of aliphatic hydroxyl groups excluding tert-OH is 2. The van der Waals surface area contributed by atoms with Crippen LogP contribution in [0.3, 0.4) is 0 Å². The molecule has 2 atom stereocenters. The fourth-order valence-corrected chi connectivity index (χ4v) is 4.79. The van der Waals surface area contributed by atoms with Crippen molar-refractivity contribution in [3.8, 4) is 11.5 Å². The van der Waals surface area contributed by atoms with Gasteiger partial charge in [-0.15, -0.1) is 0 Å². The van der Waals surface area contributed by atoms with Crippen molar-refractivity contribution in [3.05, 3.63) is 58.7 Å². The van der Waals surface area contributed by atoms with Gasteiger partial charge in [0.15, 0.2) is 0 Å². The van der Waals surface area contributed by atoms with Crippen molar-refractivity contribution in [1.82, 2.24) is 0 Å². The van der Waals surface area contributed by atoms with E-state index in [4.69, 9.17) is 9.47 Å². The van der Waals surface area contributed by atoms with Crippen LogP contribution in [0.1, 0.15) is 102 Å². The van der Waals surface area contributed by atoms with Crippen molar-refractivity contribution < 1.29 is 19.7 Å². The summed E-state index contributed by atoms with van der Waals surface area (Å²) in [5, 5.41) is 18.5. The van der Waals surface area contributed by atoms with Crippen LogP contribution in [0, 0.1) is 5.92 Å². The zero-order valence-corrected chi connectivity index (χ0v) is 22.4. The van der Waals surface area contributed by atoms with Crippen LogP contribution in [0.2, 0.25) is 0 Å². The molecule has 0 aliphatic carbocycles. The van der Waals surface area contributed by atoms with Crippen molar-refractivity contribution in [2.75, 3.05) is 26.4 Å². The first-order valence-corrected chi connectivity index (χ1v) is 13.0. The Morgan fingerprint density at radius 3 is 1.47 bits per heavy atom. The summed E-state index contributed by atoms with van der Waals surface area (Å²) in [6, 6.07) is 13.2. The summed E-state index contributed by atoms with van der Waals surface area (Å²) in [5.74, 6) is 2.97. The summed E-state index contributed by atoms with van der Waals surface area (Å²) in [6.45, 7) is 16.4. The van der Waals surface area contributed by atoms with Crippen molar-refractivity contribution in [2.45, 2.75) is 85.0 Å². The van der Waals surface area contributed by atoms with Crippen LogP contribution in [0.15, 0.2) is 36.4 Å². The molecule has 0 heterocycles. The molecule has 4 nitrogen and oxygen atoms in total. The van der Waals surface area contributed by atoms with Crippen LogP contribution >= 0.6 is 0 Å². The Hall–Kier alpha value is -2.04. The number of rotatable bonds is 14. The van der Waals surface area contributed by atoms with Gasteiger partial charge in [-0.2, -0.15) is 0 Å². The van der Waals surface area contributed by atoms with Gasteiger partial charge in [0.2, 0.25) is 0 Å². The molecule has 2 N–H and O–H groups in total. The van der Waals surface area contributed by atoms with Crippen LogP contribution in [0.25, 0.3) is 0 Å². The van der Waals surface area contributed by atoms with E-state index in [0.717, 1.165) is 30.8 Å². The van der Waals surface area contributed by atoms with Crippen molar-refractivity contribution in [1.29, 1.82) is 0 Å². The van der Waals surface area contributed by atoms with Gasteiger partial charge in [-0.3, -0.25) is 0 Å². The molecule has 4 heteroatoms. The number of hydrogen-bond donors (Lipinski definition) is 2. The maximum atomic E-state index is 9.26. The summed E-state index contributed by atoms with van der Waals surface area (Å²) in [7, 11) is 0.